The van der Waals surface area contributed by atoms with Gasteiger partial charge in [-0.2, -0.15) is 26.3 Å². The highest BCUT2D eigenvalue weighted by Gasteiger charge is 2.69. The van der Waals surface area contributed by atoms with Gasteiger partial charge in [0.15, 0.2) is 11.1 Å². The number of nitrogens with zero attached hydrogens (tertiary/aromatic N) is 4. The number of fused-ring (bicyclic) bond motifs is 1. The molecule has 11 heteroatoms. The van der Waals surface area contributed by atoms with E-state index in [0.717, 1.165) is 6.08 Å². The molecule has 3 heterocycles. The Morgan fingerprint density at radius 3 is 2.41 bits per heavy atom. The molecule has 0 radical (unpaired) electrons. The fraction of sp³-hybridized carbons (Fsp3) is 0.190. The zero-order valence-corrected chi connectivity index (χ0v) is 16.0. The van der Waals surface area contributed by atoms with Gasteiger partial charge in [0, 0.05) is 35.3 Å². The van der Waals surface area contributed by atoms with E-state index in [1.807, 2.05) is 0 Å². The first-order chi connectivity index (χ1) is 15.0. The summed E-state index contributed by atoms with van der Waals surface area (Å²) in [4.78, 5) is 11.9. The summed E-state index contributed by atoms with van der Waals surface area (Å²) in [5.41, 5.74) is 1.34. The van der Waals surface area contributed by atoms with E-state index >= 15 is 0 Å². The maximum Gasteiger partial charge on any atom is 0.406 e. The second-order valence-electron chi connectivity index (χ2n) is 7.01. The number of allylic oxidation sites excluding steroid dienone is 4. The second-order valence-corrected chi connectivity index (χ2v) is 7.01. The summed E-state index contributed by atoms with van der Waals surface area (Å²) in [5, 5.41) is 0. The molecule has 0 bridgehead atoms. The zero-order valence-electron chi connectivity index (χ0n) is 16.0. The number of alkyl halides is 6. The number of nitrogen functional groups attached to an aromatic ring is 1. The summed E-state index contributed by atoms with van der Waals surface area (Å²) in [6.45, 7) is 0. The Labute approximate surface area is 177 Å². The highest BCUT2D eigenvalue weighted by atomic mass is 19.4. The van der Waals surface area contributed by atoms with Crippen molar-refractivity contribution in [3.63, 3.8) is 0 Å². The fourth-order valence-electron chi connectivity index (χ4n) is 3.27. The number of nitrogens with two attached hydrogens (primary N) is 1. The van der Waals surface area contributed by atoms with Crippen LogP contribution in [0.25, 0.3) is 11.2 Å². The standard InChI is InChI=1S/C21H13F6N5/c22-20(23,24)19(21(25,26)27)7-6-14(4-2-13-3-5-16(28)30-11-13)15(10-19)17-18-29-8-1-9-32(18)12-31-17/h1,3,5-6,8-12H,7H2,(H2,28,30). The molecule has 3 aromatic rings. The van der Waals surface area contributed by atoms with E-state index in [4.69, 9.17) is 5.73 Å². The highest BCUT2D eigenvalue weighted by Crippen LogP contribution is 2.57. The Bertz CT molecular complexity index is 1270. The molecule has 32 heavy (non-hydrogen) atoms. The van der Waals surface area contributed by atoms with Gasteiger partial charge < -0.3 is 5.73 Å². The molecule has 0 spiro atoms. The first-order valence-electron chi connectivity index (χ1n) is 9.10. The third-order valence-electron chi connectivity index (χ3n) is 5.00. The number of pyridine rings is 1. The predicted molar refractivity (Wildman–Crippen MR) is 104 cm³/mol. The molecule has 4 rings (SSSR count). The van der Waals surface area contributed by atoms with Gasteiger partial charge in [0.1, 0.15) is 17.8 Å². The highest BCUT2D eigenvalue weighted by molar-refractivity contribution is 5.89. The summed E-state index contributed by atoms with van der Waals surface area (Å²) in [6, 6.07) is 4.56. The molecule has 0 amide bonds. The van der Waals surface area contributed by atoms with Gasteiger partial charge in [0.2, 0.25) is 0 Å². The molecule has 0 saturated carbocycles. The van der Waals surface area contributed by atoms with Crippen molar-refractivity contribution < 1.29 is 26.3 Å². The molecule has 0 fully saturated rings. The molecule has 0 aromatic carbocycles. The molecule has 0 aliphatic heterocycles. The molecular weight excluding hydrogens is 436 g/mol. The summed E-state index contributed by atoms with van der Waals surface area (Å²) in [6.07, 6.45) is -6.03. The molecule has 0 unspecified atom stereocenters. The van der Waals surface area contributed by atoms with Gasteiger partial charge >= 0.3 is 12.4 Å². The van der Waals surface area contributed by atoms with Gasteiger partial charge in [-0.15, -0.1) is 0 Å². The lowest BCUT2D eigenvalue weighted by Crippen LogP contribution is -2.49. The maximum atomic E-state index is 13.7. The van der Waals surface area contributed by atoms with Crippen LogP contribution in [-0.4, -0.2) is 31.7 Å². The first kappa shape index (κ1) is 21.4. The van der Waals surface area contributed by atoms with Crippen molar-refractivity contribution in [2.45, 2.75) is 18.8 Å². The molecule has 0 saturated heterocycles. The maximum absolute atomic E-state index is 13.7. The Morgan fingerprint density at radius 1 is 1.00 bits per heavy atom. The van der Waals surface area contributed by atoms with Gasteiger partial charge in [-0.25, -0.2) is 15.0 Å². The van der Waals surface area contributed by atoms with Crippen LogP contribution < -0.4 is 5.73 Å². The topological polar surface area (TPSA) is 69.1 Å². The first-order valence-corrected chi connectivity index (χ1v) is 9.10. The van der Waals surface area contributed by atoms with Crippen LogP contribution in [0.1, 0.15) is 17.7 Å². The minimum atomic E-state index is -5.59. The van der Waals surface area contributed by atoms with Crippen molar-refractivity contribution in [3.05, 3.63) is 72.1 Å². The Hall–Kier alpha value is -3.81. The number of anilines is 1. The van der Waals surface area contributed by atoms with E-state index in [0.29, 0.717) is 5.56 Å². The van der Waals surface area contributed by atoms with Gasteiger partial charge in [-0.3, -0.25) is 4.40 Å². The van der Waals surface area contributed by atoms with E-state index in [9.17, 15) is 26.3 Å². The largest absolute Gasteiger partial charge is 0.406 e. The SMILES string of the molecule is Nc1ccc(C#CC2=CCC(C(F)(F)F)(C(F)(F)F)C=C2c2ncn3cccnc23)cn1. The lowest BCUT2D eigenvalue weighted by molar-refractivity contribution is -0.320. The predicted octanol–water partition coefficient (Wildman–Crippen LogP) is 4.58. The van der Waals surface area contributed by atoms with Crippen LogP contribution in [0.3, 0.4) is 0 Å². The van der Waals surface area contributed by atoms with Crippen LogP contribution in [0.15, 0.2) is 60.8 Å². The minimum Gasteiger partial charge on any atom is -0.384 e. The van der Waals surface area contributed by atoms with E-state index in [1.54, 1.807) is 6.07 Å². The number of hydrogen-bond acceptors (Lipinski definition) is 4. The quantitative estimate of drug-likeness (QED) is 0.436. The molecule has 164 valence electrons. The molecule has 5 nitrogen and oxygen atoms in total. The molecule has 1 aliphatic carbocycles. The van der Waals surface area contributed by atoms with Crippen molar-refractivity contribution in [2.75, 3.05) is 5.73 Å². The second kappa shape index (κ2) is 7.40. The average molecular weight is 449 g/mol. The fourth-order valence-corrected chi connectivity index (χ4v) is 3.27. The van der Waals surface area contributed by atoms with Gasteiger partial charge in [0.05, 0.1) is 0 Å². The summed E-state index contributed by atoms with van der Waals surface area (Å²) >= 11 is 0. The molecular formula is C21H13F6N5. The van der Waals surface area contributed by atoms with E-state index < -0.39 is 29.8 Å². The minimum absolute atomic E-state index is 0.0304. The van der Waals surface area contributed by atoms with Crippen LogP contribution >= 0.6 is 0 Å². The summed E-state index contributed by atoms with van der Waals surface area (Å²) < 4.78 is 83.9. The number of imidazole rings is 1. The molecule has 3 aromatic heterocycles. The Morgan fingerprint density at radius 2 is 1.75 bits per heavy atom. The van der Waals surface area contributed by atoms with Crippen molar-refractivity contribution >= 4 is 17.0 Å². The van der Waals surface area contributed by atoms with Crippen molar-refractivity contribution in [3.8, 4) is 11.8 Å². The summed E-state index contributed by atoms with van der Waals surface area (Å²) in [7, 11) is 0. The third kappa shape index (κ3) is 3.57. The van der Waals surface area contributed by atoms with Gasteiger partial charge in [-0.05, 0) is 30.7 Å². The van der Waals surface area contributed by atoms with Crippen LogP contribution in [0.2, 0.25) is 0 Å². The van der Waals surface area contributed by atoms with Crippen molar-refractivity contribution in [2.24, 2.45) is 5.41 Å². The number of aromatic nitrogens is 4. The zero-order chi connectivity index (χ0) is 23.1. The Kier molecular flexibility index (Phi) is 4.96. The number of halogens is 6. The van der Waals surface area contributed by atoms with Crippen LogP contribution in [0.4, 0.5) is 32.2 Å². The van der Waals surface area contributed by atoms with E-state index in [1.165, 1.54) is 41.5 Å². The normalized spacial score (nSPS) is 16.2. The van der Waals surface area contributed by atoms with Gasteiger partial charge in [0.25, 0.3) is 0 Å². The van der Waals surface area contributed by atoms with Crippen LogP contribution in [0.5, 0.6) is 0 Å². The lowest BCUT2D eigenvalue weighted by atomic mass is 9.75. The molecule has 0 atom stereocenters. The monoisotopic (exact) mass is 449 g/mol. The Balaban J connectivity index is 1.91. The van der Waals surface area contributed by atoms with Crippen LogP contribution in [-0.2, 0) is 0 Å². The number of rotatable bonds is 1. The third-order valence-corrected chi connectivity index (χ3v) is 5.00. The van der Waals surface area contributed by atoms with Crippen LogP contribution in [0, 0.1) is 17.3 Å². The molecule has 2 N–H and O–H groups in total. The van der Waals surface area contributed by atoms with E-state index in [-0.39, 0.29) is 28.8 Å². The average Bonchev–Trinajstić information content (AvgIpc) is 3.15. The smallest absolute Gasteiger partial charge is 0.384 e. The van der Waals surface area contributed by atoms with Gasteiger partial charge in [-0.1, -0.05) is 17.9 Å². The van der Waals surface area contributed by atoms with Crippen molar-refractivity contribution in [1.82, 2.24) is 19.4 Å². The van der Waals surface area contributed by atoms with E-state index in [2.05, 4.69) is 26.8 Å². The lowest BCUT2D eigenvalue weighted by Gasteiger charge is -2.36. The number of hydrogen-bond donors (Lipinski definition) is 1. The van der Waals surface area contributed by atoms with Crippen molar-refractivity contribution in [1.29, 1.82) is 0 Å². The molecule has 1 aliphatic rings. The summed E-state index contributed by atoms with van der Waals surface area (Å²) in [5.74, 6) is 5.58.